The molecule has 1 aliphatic rings. The van der Waals surface area contributed by atoms with Gasteiger partial charge in [-0.15, -0.1) is 0 Å². The van der Waals surface area contributed by atoms with Crippen molar-refractivity contribution in [3.05, 3.63) is 22.1 Å². The Hall–Kier alpha value is -1.25. The molecule has 0 radical (unpaired) electrons. The number of sulfone groups is 1. The Morgan fingerprint density at radius 3 is 2.47 bits per heavy atom. The number of hydrogen-bond donors (Lipinski definition) is 1. The molecule has 96 valence electrons. The van der Waals surface area contributed by atoms with Crippen molar-refractivity contribution in [3.63, 3.8) is 0 Å². The van der Waals surface area contributed by atoms with Crippen LogP contribution in [0, 0.1) is 0 Å². The molecule has 0 aliphatic carbocycles. The number of rotatable bonds is 1. The Morgan fingerprint density at radius 1 is 1.41 bits per heavy atom. The summed E-state index contributed by atoms with van der Waals surface area (Å²) in [5.41, 5.74) is -2.02. The van der Waals surface area contributed by atoms with E-state index in [2.05, 4.69) is 0 Å². The van der Waals surface area contributed by atoms with Gasteiger partial charge in [0, 0.05) is 6.07 Å². The first kappa shape index (κ1) is 12.2. The zero-order valence-electron chi connectivity index (χ0n) is 8.49. The molecule has 1 aromatic heterocycles. The first-order valence-electron chi connectivity index (χ1n) is 4.78. The number of nitrogens with one attached hydrogen (secondary N) is 1. The van der Waals surface area contributed by atoms with E-state index in [4.69, 9.17) is 0 Å². The third-order valence-corrected chi connectivity index (χ3v) is 4.38. The van der Waals surface area contributed by atoms with Gasteiger partial charge in [0.1, 0.15) is 5.69 Å². The average Bonchev–Trinajstić information content (AvgIpc) is 2.68. The van der Waals surface area contributed by atoms with Crippen LogP contribution in [0.5, 0.6) is 0 Å². The number of halogens is 3. The maximum atomic E-state index is 12.3. The summed E-state index contributed by atoms with van der Waals surface area (Å²) in [5, 5.41) is 1.92. The molecule has 1 aromatic rings. The maximum absolute atomic E-state index is 12.3. The van der Waals surface area contributed by atoms with Crippen molar-refractivity contribution in [2.24, 2.45) is 0 Å². The summed E-state index contributed by atoms with van der Waals surface area (Å²) in [4.78, 5) is 11.3. The van der Waals surface area contributed by atoms with Crippen LogP contribution in [0.15, 0.2) is 10.9 Å². The summed E-state index contributed by atoms with van der Waals surface area (Å²) in [5.74, 6) is -0.408. The molecule has 9 heteroatoms. The van der Waals surface area contributed by atoms with Gasteiger partial charge in [-0.05, 0) is 6.42 Å². The molecule has 1 atom stereocenters. The van der Waals surface area contributed by atoms with Crippen LogP contribution in [0.4, 0.5) is 13.2 Å². The van der Waals surface area contributed by atoms with Gasteiger partial charge in [0.25, 0.3) is 5.56 Å². The van der Waals surface area contributed by atoms with E-state index in [-0.39, 0.29) is 17.9 Å². The zero-order valence-corrected chi connectivity index (χ0v) is 9.31. The average molecular weight is 270 g/mol. The van der Waals surface area contributed by atoms with Gasteiger partial charge >= 0.3 is 6.18 Å². The maximum Gasteiger partial charge on any atom is 0.432 e. The monoisotopic (exact) mass is 270 g/mol. The highest BCUT2D eigenvalue weighted by molar-refractivity contribution is 7.91. The molecule has 2 rings (SSSR count). The smallest absolute Gasteiger partial charge is 0.291 e. The quantitative estimate of drug-likeness (QED) is 0.810. The second-order valence-corrected chi connectivity index (χ2v) is 6.16. The summed E-state index contributed by atoms with van der Waals surface area (Å²) < 4.78 is 60.1. The Balaban J connectivity index is 2.36. The summed E-state index contributed by atoms with van der Waals surface area (Å²) in [6.45, 7) is 0. The highest BCUT2D eigenvalue weighted by Crippen LogP contribution is 2.28. The minimum Gasteiger partial charge on any atom is -0.291 e. The van der Waals surface area contributed by atoms with E-state index in [0.717, 1.165) is 4.68 Å². The van der Waals surface area contributed by atoms with E-state index in [1.807, 2.05) is 5.10 Å². The summed E-state index contributed by atoms with van der Waals surface area (Å²) in [6.07, 6.45) is -4.48. The topological polar surface area (TPSA) is 71.9 Å². The Kier molecular flexibility index (Phi) is 2.60. The second-order valence-electron chi connectivity index (χ2n) is 3.93. The molecule has 0 aromatic carbocycles. The van der Waals surface area contributed by atoms with Crippen molar-refractivity contribution in [3.8, 4) is 0 Å². The number of H-pyrrole nitrogens is 1. The molecular weight excluding hydrogens is 261 g/mol. The van der Waals surface area contributed by atoms with Gasteiger partial charge in [-0.1, -0.05) is 0 Å². The minimum absolute atomic E-state index is 0.107. The van der Waals surface area contributed by atoms with Crippen molar-refractivity contribution < 1.29 is 21.6 Å². The van der Waals surface area contributed by atoms with E-state index in [9.17, 15) is 26.4 Å². The Labute approximate surface area is 94.1 Å². The van der Waals surface area contributed by atoms with E-state index in [1.165, 1.54) is 0 Å². The normalized spacial score (nSPS) is 24.1. The predicted molar refractivity (Wildman–Crippen MR) is 52.4 cm³/mol. The fourth-order valence-corrected chi connectivity index (χ4v) is 3.51. The molecule has 1 N–H and O–H groups in total. The van der Waals surface area contributed by atoms with Crippen LogP contribution < -0.4 is 5.56 Å². The lowest BCUT2D eigenvalue weighted by Gasteiger charge is -2.09. The highest BCUT2D eigenvalue weighted by Gasteiger charge is 2.36. The van der Waals surface area contributed by atoms with E-state index in [1.54, 1.807) is 0 Å². The van der Waals surface area contributed by atoms with Crippen LogP contribution in [0.3, 0.4) is 0 Å². The molecule has 17 heavy (non-hydrogen) atoms. The fourth-order valence-electron chi connectivity index (χ4n) is 1.81. The van der Waals surface area contributed by atoms with Crippen LogP contribution in [0.1, 0.15) is 18.2 Å². The number of alkyl halides is 3. The number of hydrogen-bond acceptors (Lipinski definition) is 3. The van der Waals surface area contributed by atoms with Crippen molar-refractivity contribution in [1.82, 2.24) is 9.78 Å². The van der Waals surface area contributed by atoms with Crippen LogP contribution in [-0.4, -0.2) is 29.7 Å². The van der Waals surface area contributed by atoms with Crippen LogP contribution in [-0.2, 0) is 16.0 Å². The molecule has 5 nitrogen and oxygen atoms in total. The SMILES string of the molecule is O=c1cc(C(F)(F)F)[nH]n1[C@H]1CCS(=O)(=O)C1. The highest BCUT2D eigenvalue weighted by atomic mass is 32.2. The van der Waals surface area contributed by atoms with Gasteiger partial charge in [0.2, 0.25) is 0 Å². The number of nitrogens with zero attached hydrogens (tertiary/aromatic N) is 1. The predicted octanol–water partition coefficient (Wildman–Crippen LogP) is 0.555. The molecule has 0 bridgehead atoms. The first-order valence-corrected chi connectivity index (χ1v) is 6.60. The molecule has 0 saturated carbocycles. The lowest BCUT2D eigenvalue weighted by molar-refractivity contribution is -0.141. The van der Waals surface area contributed by atoms with Gasteiger partial charge < -0.3 is 0 Å². The molecule has 1 fully saturated rings. The summed E-state index contributed by atoms with van der Waals surface area (Å²) in [7, 11) is -3.25. The van der Waals surface area contributed by atoms with Crippen molar-refractivity contribution in [2.75, 3.05) is 11.5 Å². The fraction of sp³-hybridized carbons (Fsp3) is 0.625. The van der Waals surface area contributed by atoms with E-state index < -0.39 is 33.3 Å². The minimum atomic E-state index is -4.64. The van der Waals surface area contributed by atoms with Gasteiger partial charge in [0.05, 0.1) is 17.5 Å². The van der Waals surface area contributed by atoms with E-state index >= 15 is 0 Å². The molecule has 1 saturated heterocycles. The van der Waals surface area contributed by atoms with Gasteiger partial charge in [-0.2, -0.15) is 13.2 Å². The van der Waals surface area contributed by atoms with Crippen molar-refractivity contribution >= 4 is 9.84 Å². The standard InChI is InChI=1S/C8H9F3N2O3S/c9-8(10,11)6-3-7(14)13(12-6)5-1-2-17(15,16)4-5/h3,5,12H,1-2,4H2/t5-/m0/s1. The Morgan fingerprint density at radius 2 is 2.06 bits per heavy atom. The van der Waals surface area contributed by atoms with Gasteiger partial charge in [-0.3, -0.25) is 9.89 Å². The van der Waals surface area contributed by atoms with Crippen LogP contribution >= 0.6 is 0 Å². The lowest BCUT2D eigenvalue weighted by atomic mass is 10.3. The molecule has 0 spiro atoms. The molecule has 0 unspecified atom stereocenters. The summed E-state index contributed by atoms with van der Waals surface area (Å²) in [6, 6.07) is -0.297. The van der Waals surface area contributed by atoms with Gasteiger partial charge in [0.15, 0.2) is 9.84 Å². The largest absolute Gasteiger partial charge is 0.432 e. The van der Waals surface area contributed by atoms with Crippen LogP contribution in [0.2, 0.25) is 0 Å². The first-order chi connectivity index (χ1) is 7.69. The lowest BCUT2D eigenvalue weighted by Crippen LogP contribution is -2.23. The van der Waals surface area contributed by atoms with Crippen molar-refractivity contribution in [2.45, 2.75) is 18.6 Å². The third kappa shape index (κ3) is 2.38. The number of aromatic amines is 1. The zero-order chi connectivity index (χ0) is 12.8. The van der Waals surface area contributed by atoms with Gasteiger partial charge in [-0.25, -0.2) is 13.1 Å². The molecular formula is C8H9F3N2O3S. The molecule has 2 heterocycles. The van der Waals surface area contributed by atoms with Crippen LogP contribution in [0.25, 0.3) is 0 Å². The van der Waals surface area contributed by atoms with E-state index in [0.29, 0.717) is 6.07 Å². The second kappa shape index (κ2) is 3.62. The van der Waals surface area contributed by atoms with Crippen molar-refractivity contribution in [1.29, 1.82) is 0 Å². The number of aromatic nitrogens is 2. The Bertz CT molecular complexity index is 584. The molecule has 0 amide bonds. The molecule has 1 aliphatic heterocycles. The third-order valence-electron chi connectivity index (χ3n) is 2.63. The summed E-state index contributed by atoms with van der Waals surface area (Å²) >= 11 is 0.